The van der Waals surface area contributed by atoms with Gasteiger partial charge in [-0.2, -0.15) is 5.10 Å². The second kappa shape index (κ2) is 5.90. The van der Waals surface area contributed by atoms with Crippen LogP contribution in [0.4, 0.5) is 4.39 Å². The third kappa shape index (κ3) is 3.56. The smallest absolute Gasteiger partial charge is 0.242 e. The maximum atomic E-state index is 12.9. The van der Waals surface area contributed by atoms with Crippen LogP contribution in [0.3, 0.4) is 0 Å². The summed E-state index contributed by atoms with van der Waals surface area (Å²) in [6, 6.07) is 4.52. The van der Waals surface area contributed by atoms with E-state index in [1.807, 2.05) is 0 Å². The first-order valence-corrected chi connectivity index (χ1v) is 7.69. The third-order valence-electron chi connectivity index (χ3n) is 2.56. The van der Waals surface area contributed by atoms with Crippen molar-refractivity contribution in [2.24, 2.45) is 0 Å². The van der Waals surface area contributed by atoms with Crippen LogP contribution in [0.15, 0.2) is 41.6 Å². The number of hydrogen-bond acceptors (Lipinski definition) is 3. The van der Waals surface area contributed by atoms with Gasteiger partial charge >= 0.3 is 0 Å². The largest absolute Gasteiger partial charge is 0.271 e. The van der Waals surface area contributed by atoms with Gasteiger partial charge in [-0.3, -0.25) is 4.68 Å². The van der Waals surface area contributed by atoms with Crippen molar-refractivity contribution in [2.75, 3.05) is 0 Å². The van der Waals surface area contributed by atoms with Crippen molar-refractivity contribution in [1.29, 1.82) is 0 Å². The summed E-state index contributed by atoms with van der Waals surface area (Å²) >= 11 is 5.76. The Morgan fingerprint density at radius 3 is 2.85 bits per heavy atom. The fourth-order valence-corrected chi connectivity index (χ4v) is 3.51. The van der Waals surface area contributed by atoms with Crippen LogP contribution in [-0.4, -0.2) is 24.2 Å². The van der Waals surface area contributed by atoms with Gasteiger partial charge in [0.15, 0.2) is 0 Å². The molecule has 8 heteroatoms. The van der Waals surface area contributed by atoms with Crippen LogP contribution in [0.5, 0.6) is 0 Å². The number of benzene rings is 1. The van der Waals surface area contributed by atoms with E-state index in [9.17, 15) is 12.8 Å². The van der Waals surface area contributed by atoms with Crippen molar-refractivity contribution in [2.45, 2.75) is 24.4 Å². The van der Waals surface area contributed by atoms with Gasteiger partial charge in [0.2, 0.25) is 10.0 Å². The quantitative estimate of drug-likeness (QED) is 0.918. The summed E-state index contributed by atoms with van der Waals surface area (Å²) in [5.41, 5.74) is 0. The molecule has 0 saturated carbocycles. The molecule has 108 valence electrons. The Bertz CT molecular complexity index is 689. The lowest BCUT2D eigenvalue weighted by Crippen LogP contribution is -2.35. The van der Waals surface area contributed by atoms with Crippen molar-refractivity contribution in [3.63, 3.8) is 0 Å². The van der Waals surface area contributed by atoms with Crippen LogP contribution >= 0.6 is 11.6 Å². The zero-order valence-electron chi connectivity index (χ0n) is 10.6. The summed E-state index contributed by atoms with van der Waals surface area (Å²) in [4.78, 5) is -0.145. The minimum absolute atomic E-state index is 0.145. The average Bonchev–Trinajstić information content (AvgIpc) is 2.79. The van der Waals surface area contributed by atoms with E-state index in [0.717, 1.165) is 18.2 Å². The van der Waals surface area contributed by atoms with Crippen LogP contribution in [0.25, 0.3) is 0 Å². The van der Waals surface area contributed by atoms with Crippen LogP contribution < -0.4 is 4.72 Å². The van der Waals surface area contributed by atoms with Gasteiger partial charge in [-0.05, 0) is 31.2 Å². The zero-order chi connectivity index (χ0) is 14.8. The molecule has 1 aromatic heterocycles. The number of halogens is 2. The van der Waals surface area contributed by atoms with E-state index in [4.69, 9.17) is 11.6 Å². The van der Waals surface area contributed by atoms with E-state index in [1.54, 1.807) is 30.1 Å². The van der Waals surface area contributed by atoms with Crippen LogP contribution in [0, 0.1) is 5.82 Å². The average molecular weight is 318 g/mol. The van der Waals surface area contributed by atoms with Crippen LogP contribution in [0.2, 0.25) is 5.02 Å². The molecule has 1 unspecified atom stereocenters. The second-order valence-corrected chi connectivity index (χ2v) is 6.41. The molecule has 0 saturated heterocycles. The highest BCUT2D eigenvalue weighted by atomic mass is 35.5. The molecular formula is C12H13ClFN3O2S. The van der Waals surface area contributed by atoms with Crippen molar-refractivity contribution in [3.05, 3.63) is 47.5 Å². The fraction of sp³-hybridized carbons (Fsp3) is 0.250. The Labute approximate surface area is 121 Å². The number of nitrogens with zero attached hydrogens (tertiary/aromatic N) is 2. The molecule has 20 heavy (non-hydrogen) atoms. The first-order valence-electron chi connectivity index (χ1n) is 5.83. The minimum atomic E-state index is -3.80. The molecule has 1 aromatic carbocycles. The minimum Gasteiger partial charge on any atom is -0.271 e. The lowest BCUT2D eigenvalue weighted by Gasteiger charge is -2.15. The lowest BCUT2D eigenvalue weighted by molar-refractivity contribution is 0.494. The van der Waals surface area contributed by atoms with Crippen LogP contribution in [0.1, 0.15) is 6.92 Å². The normalized spacial score (nSPS) is 13.3. The highest BCUT2D eigenvalue weighted by Crippen LogP contribution is 2.22. The second-order valence-electron chi connectivity index (χ2n) is 4.33. The summed E-state index contributed by atoms with van der Waals surface area (Å²) in [5.74, 6) is -0.585. The summed E-state index contributed by atoms with van der Waals surface area (Å²) in [6.45, 7) is 2.09. The van der Waals surface area contributed by atoms with Gasteiger partial charge in [-0.1, -0.05) is 11.6 Å². The zero-order valence-corrected chi connectivity index (χ0v) is 12.2. The molecule has 0 aliphatic carbocycles. The van der Waals surface area contributed by atoms with Gasteiger partial charge in [0, 0.05) is 18.4 Å². The van der Waals surface area contributed by atoms with Gasteiger partial charge in [0.1, 0.15) is 10.7 Å². The molecule has 0 fully saturated rings. The lowest BCUT2D eigenvalue weighted by atomic mass is 10.3. The number of rotatable bonds is 5. The molecule has 1 N–H and O–H groups in total. The molecule has 0 spiro atoms. The molecule has 2 rings (SSSR count). The van der Waals surface area contributed by atoms with Gasteiger partial charge in [0.05, 0.1) is 11.6 Å². The van der Waals surface area contributed by atoms with Gasteiger partial charge < -0.3 is 0 Å². The Balaban J connectivity index is 2.14. The number of nitrogens with one attached hydrogen (secondary N) is 1. The Morgan fingerprint density at radius 2 is 2.25 bits per heavy atom. The van der Waals surface area contributed by atoms with E-state index in [-0.39, 0.29) is 16.0 Å². The standard InChI is InChI=1S/C12H13ClFN3O2S/c1-9(8-17-6-2-5-15-17)16-20(18,19)12-4-3-10(14)7-11(12)13/h2-7,9,16H,8H2,1H3. The predicted molar refractivity (Wildman–Crippen MR) is 73.4 cm³/mol. The van der Waals surface area contributed by atoms with Gasteiger partial charge in [-0.15, -0.1) is 0 Å². The Morgan fingerprint density at radius 1 is 1.50 bits per heavy atom. The molecule has 0 aliphatic heterocycles. The van der Waals surface area contributed by atoms with E-state index in [2.05, 4.69) is 9.82 Å². The summed E-state index contributed by atoms with van der Waals surface area (Å²) in [7, 11) is -3.80. The molecule has 5 nitrogen and oxygen atoms in total. The topological polar surface area (TPSA) is 64.0 Å². The van der Waals surface area contributed by atoms with Crippen molar-refractivity contribution < 1.29 is 12.8 Å². The predicted octanol–water partition coefficient (Wildman–Crippen LogP) is 2.04. The van der Waals surface area contributed by atoms with E-state index in [1.165, 1.54) is 0 Å². The first kappa shape index (κ1) is 15.0. The first-order chi connectivity index (χ1) is 9.38. The monoisotopic (exact) mass is 317 g/mol. The molecular weight excluding hydrogens is 305 g/mol. The Hall–Kier alpha value is -1.44. The Kier molecular flexibility index (Phi) is 4.42. The SMILES string of the molecule is CC(Cn1cccn1)NS(=O)(=O)c1ccc(F)cc1Cl. The number of hydrogen-bond donors (Lipinski definition) is 1. The maximum absolute atomic E-state index is 12.9. The maximum Gasteiger partial charge on any atom is 0.242 e. The molecule has 0 bridgehead atoms. The highest BCUT2D eigenvalue weighted by Gasteiger charge is 2.21. The number of aromatic nitrogens is 2. The van der Waals surface area contributed by atoms with Gasteiger partial charge in [0.25, 0.3) is 0 Å². The van der Waals surface area contributed by atoms with E-state index >= 15 is 0 Å². The summed E-state index contributed by atoms with van der Waals surface area (Å²) < 4.78 is 41.3. The fourth-order valence-electron chi connectivity index (χ4n) is 1.75. The van der Waals surface area contributed by atoms with E-state index in [0.29, 0.717) is 6.54 Å². The summed E-state index contributed by atoms with van der Waals surface area (Å²) in [6.07, 6.45) is 3.34. The molecule has 0 amide bonds. The molecule has 0 radical (unpaired) electrons. The molecule has 2 aromatic rings. The van der Waals surface area contributed by atoms with Crippen molar-refractivity contribution in [3.8, 4) is 0 Å². The molecule has 1 heterocycles. The molecule has 0 aliphatic rings. The summed E-state index contributed by atoms with van der Waals surface area (Å²) in [5, 5.41) is 3.85. The number of sulfonamides is 1. The molecule has 1 atom stereocenters. The van der Waals surface area contributed by atoms with Gasteiger partial charge in [-0.25, -0.2) is 17.5 Å². The van der Waals surface area contributed by atoms with Crippen LogP contribution in [-0.2, 0) is 16.6 Å². The van der Waals surface area contributed by atoms with E-state index < -0.39 is 15.8 Å². The third-order valence-corrected chi connectivity index (χ3v) is 4.63. The van der Waals surface area contributed by atoms with Crippen molar-refractivity contribution >= 4 is 21.6 Å². The highest BCUT2D eigenvalue weighted by molar-refractivity contribution is 7.89. The van der Waals surface area contributed by atoms with Crippen molar-refractivity contribution in [1.82, 2.24) is 14.5 Å².